The van der Waals surface area contributed by atoms with Gasteiger partial charge in [0.15, 0.2) is 4.32 Å². The van der Waals surface area contributed by atoms with Crippen LogP contribution in [0.4, 0.5) is 4.39 Å². The summed E-state index contributed by atoms with van der Waals surface area (Å²) >= 11 is 6.51. The topological polar surface area (TPSA) is 25.2 Å². The number of rotatable bonds is 2. The zero-order valence-corrected chi connectivity index (χ0v) is 13.7. The van der Waals surface area contributed by atoms with Gasteiger partial charge in [0.1, 0.15) is 5.82 Å². The molecule has 2 heterocycles. The van der Waals surface area contributed by atoms with E-state index in [0.29, 0.717) is 14.8 Å². The Morgan fingerprint density at radius 1 is 1.14 bits per heavy atom. The van der Waals surface area contributed by atoms with Crippen LogP contribution in [0.1, 0.15) is 17.0 Å². The summed E-state index contributed by atoms with van der Waals surface area (Å²) < 4.78 is 16.0. The normalized spacial score (nSPS) is 16.9. The monoisotopic (exact) mass is 332 g/mol. The number of thiocarbonyl (C=S) groups is 1. The van der Waals surface area contributed by atoms with Crippen molar-refractivity contribution in [3.05, 3.63) is 64.1 Å². The van der Waals surface area contributed by atoms with Crippen LogP contribution >= 0.6 is 24.0 Å². The summed E-state index contributed by atoms with van der Waals surface area (Å²) in [6, 6.07) is 10.2. The Hall–Kier alpha value is -1.92. The van der Waals surface area contributed by atoms with Crippen LogP contribution in [-0.2, 0) is 4.79 Å². The van der Waals surface area contributed by atoms with Crippen molar-refractivity contribution in [3.63, 3.8) is 0 Å². The second-order valence-electron chi connectivity index (χ2n) is 4.94. The van der Waals surface area contributed by atoms with Crippen LogP contribution in [0.25, 0.3) is 6.08 Å². The molecule has 22 heavy (non-hydrogen) atoms. The molecule has 1 fully saturated rings. The number of aryl methyl sites for hydroxylation is 2. The molecule has 2 aromatic rings. The van der Waals surface area contributed by atoms with Crippen LogP contribution in [-0.4, -0.2) is 14.9 Å². The Labute approximate surface area is 137 Å². The van der Waals surface area contributed by atoms with E-state index in [2.05, 4.69) is 0 Å². The van der Waals surface area contributed by atoms with Gasteiger partial charge in [0.25, 0.3) is 5.91 Å². The van der Waals surface area contributed by atoms with Crippen LogP contribution in [0.2, 0.25) is 0 Å². The number of benzene rings is 1. The highest BCUT2D eigenvalue weighted by Crippen LogP contribution is 2.33. The Kier molecular flexibility index (Phi) is 3.88. The van der Waals surface area contributed by atoms with Gasteiger partial charge in [-0.25, -0.2) is 4.39 Å². The van der Waals surface area contributed by atoms with Crippen molar-refractivity contribution in [3.8, 4) is 0 Å². The predicted molar refractivity (Wildman–Crippen MR) is 91.7 cm³/mol. The Morgan fingerprint density at radius 3 is 2.41 bits per heavy atom. The number of carbonyl (C=O) groups is 1. The fraction of sp³-hybridized carbons (Fsp3) is 0.125. The average molecular weight is 332 g/mol. The number of hydrogen-bond donors (Lipinski definition) is 0. The molecule has 1 aromatic carbocycles. The second kappa shape index (κ2) is 5.70. The number of aromatic nitrogens is 1. The van der Waals surface area contributed by atoms with Gasteiger partial charge >= 0.3 is 0 Å². The van der Waals surface area contributed by atoms with Gasteiger partial charge in [-0.05, 0) is 50.3 Å². The third-order valence-corrected chi connectivity index (χ3v) is 4.68. The SMILES string of the molecule is Cc1ccc(C)n1N1C(=O)/C(=C\c2ccccc2F)SC1=S. The molecular weight excluding hydrogens is 319 g/mol. The molecule has 1 saturated heterocycles. The summed E-state index contributed by atoms with van der Waals surface area (Å²) in [4.78, 5) is 13.1. The van der Waals surface area contributed by atoms with E-state index >= 15 is 0 Å². The minimum Gasteiger partial charge on any atom is -0.266 e. The van der Waals surface area contributed by atoms with Crippen LogP contribution in [0.3, 0.4) is 0 Å². The summed E-state index contributed by atoms with van der Waals surface area (Å²) in [6.45, 7) is 3.82. The van der Waals surface area contributed by atoms with Crippen LogP contribution in [0.15, 0.2) is 41.3 Å². The summed E-state index contributed by atoms with van der Waals surface area (Å²) in [7, 11) is 0. The third kappa shape index (κ3) is 2.48. The number of carbonyl (C=O) groups excluding carboxylic acids is 1. The largest absolute Gasteiger partial charge is 0.285 e. The Balaban J connectivity index is 2.01. The standard InChI is InChI=1S/C16H13FN2OS2/c1-10-7-8-11(2)18(10)19-15(20)14(22-16(19)21)9-12-5-3-4-6-13(12)17/h3-9H,1-2H3/b14-9+. The quantitative estimate of drug-likeness (QED) is 0.618. The fourth-order valence-corrected chi connectivity index (χ4v) is 3.57. The summed E-state index contributed by atoms with van der Waals surface area (Å²) in [6.07, 6.45) is 1.54. The van der Waals surface area contributed by atoms with Gasteiger partial charge in [-0.15, -0.1) is 0 Å². The van der Waals surface area contributed by atoms with Gasteiger partial charge in [-0.3, -0.25) is 9.47 Å². The number of thioether (sulfide) groups is 1. The lowest BCUT2D eigenvalue weighted by Crippen LogP contribution is -2.39. The summed E-state index contributed by atoms with van der Waals surface area (Å²) in [5, 5.41) is 1.46. The highest BCUT2D eigenvalue weighted by Gasteiger charge is 2.34. The molecular formula is C16H13FN2OS2. The molecule has 0 spiro atoms. The van der Waals surface area contributed by atoms with Crippen molar-refractivity contribution in [1.29, 1.82) is 0 Å². The highest BCUT2D eigenvalue weighted by molar-refractivity contribution is 8.27. The third-order valence-electron chi connectivity index (χ3n) is 3.40. The Bertz CT molecular complexity index is 791. The van der Waals surface area contributed by atoms with E-state index in [1.54, 1.807) is 29.0 Å². The fourth-order valence-electron chi connectivity index (χ4n) is 2.34. The van der Waals surface area contributed by atoms with Gasteiger partial charge in [0, 0.05) is 17.0 Å². The molecule has 1 amide bonds. The molecule has 1 aliphatic rings. The molecule has 0 atom stereocenters. The van der Waals surface area contributed by atoms with Gasteiger partial charge in [-0.2, -0.15) is 5.01 Å². The molecule has 1 aromatic heterocycles. The highest BCUT2D eigenvalue weighted by atomic mass is 32.2. The molecule has 0 unspecified atom stereocenters. The first-order valence-corrected chi connectivity index (χ1v) is 7.89. The van der Waals surface area contributed by atoms with Crippen molar-refractivity contribution in [2.75, 3.05) is 5.01 Å². The van der Waals surface area contributed by atoms with E-state index in [9.17, 15) is 9.18 Å². The van der Waals surface area contributed by atoms with E-state index < -0.39 is 0 Å². The number of amides is 1. The van der Waals surface area contributed by atoms with Crippen molar-refractivity contribution >= 4 is 40.3 Å². The first-order chi connectivity index (χ1) is 10.5. The van der Waals surface area contributed by atoms with E-state index in [4.69, 9.17) is 12.2 Å². The summed E-state index contributed by atoms with van der Waals surface area (Å²) in [5.41, 5.74) is 2.21. The molecule has 6 heteroatoms. The van der Waals surface area contributed by atoms with Gasteiger partial charge in [0.2, 0.25) is 0 Å². The first-order valence-electron chi connectivity index (χ1n) is 6.67. The molecule has 0 N–H and O–H groups in total. The van der Waals surface area contributed by atoms with Crippen LogP contribution in [0, 0.1) is 19.7 Å². The molecule has 0 radical (unpaired) electrons. The average Bonchev–Trinajstić information content (AvgIpc) is 2.94. The minimum atomic E-state index is -0.360. The molecule has 1 aliphatic heterocycles. The van der Waals surface area contributed by atoms with E-state index in [1.807, 2.05) is 26.0 Å². The maximum Gasteiger partial charge on any atom is 0.285 e. The molecule has 3 rings (SSSR count). The van der Waals surface area contributed by atoms with Crippen molar-refractivity contribution in [1.82, 2.24) is 4.68 Å². The van der Waals surface area contributed by atoms with E-state index in [-0.39, 0.29) is 11.7 Å². The first kappa shape index (κ1) is 15.0. The second-order valence-corrected chi connectivity index (χ2v) is 6.62. The number of halogens is 1. The van der Waals surface area contributed by atoms with Gasteiger partial charge in [0.05, 0.1) is 4.91 Å². The van der Waals surface area contributed by atoms with Crippen LogP contribution < -0.4 is 5.01 Å². The van der Waals surface area contributed by atoms with Crippen molar-refractivity contribution in [2.24, 2.45) is 0 Å². The predicted octanol–water partition coefficient (Wildman–Crippen LogP) is 3.78. The molecule has 0 aliphatic carbocycles. The molecule has 0 saturated carbocycles. The summed E-state index contributed by atoms with van der Waals surface area (Å²) in [5.74, 6) is -0.596. The maximum absolute atomic E-state index is 13.7. The molecule has 0 bridgehead atoms. The zero-order chi connectivity index (χ0) is 15.9. The number of nitrogens with zero attached hydrogens (tertiary/aromatic N) is 2. The van der Waals surface area contributed by atoms with Gasteiger partial charge in [-0.1, -0.05) is 30.0 Å². The van der Waals surface area contributed by atoms with Gasteiger partial charge < -0.3 is 0 Å². The number of hydrogen-bond acceptors (Lipinski definition) is 3. The van der Waals surface area contributed by atoms with E-state index in [0.717, 1.165) is 11.4 Å². The van der Waals surface area contributed by atoms with Crippen LogP contribution in [0.5, 0.6) is 0 Å². The maximum atomic E-state index is 13.7. The zero-order valence-electron chi connectivity index (χ0n) is 12.0. The smallest absolute Gasteiger partial charge is 0.266 e. The molecule has 112 valence electrons. The minimum absolute atomic E-state index is 0.236. The van der Waals surface area contributed by atoms with Crippen molar-refractivity contribution in [2.45, 2.75) is 13.8 Å². The van der Waals surface area contributed by atoms with Crippen molar-refractivity contribution < 1.29 is 9.18 Å². The lowest BCUT2D eigenvalue weighted by atomic mass is 10.2. The van der Waals surface area contributed by atoms with E-state index in [1.165, 1.54) is 22.8 Å². The lowest BCUT2D eigenvalue weighted by Gasteiger charge is -2.20. The molecule has 3 nitrogen and oxygen atoms in total. The Morgan fingerprint density at radius 2 is 1.77 bits per heavy atom. The lowest BCUT2D eigenvalue weighted by molar-refractivity contribution is -0.114.